The van der Waals surface area contributed by atoms with Crippen LogP contribution in [0.15, 0.2) is 69.4 Å². The maximum absolute atomic E-state index is 6.18. The van der Waals surface area contributed by atoms with E-state index in [0.29, 0.717) is 51.3 Å². The molecule has 7 nitrogen and oxygen atoms in total. The minimum absolute atomic E-state index is 0.389. The topological polar surface area (TPSA) is 82.8 Å². The van der Waals surface area contributed by atoms with Crippen LogP contribution in [0, 0.1) is 0 Å². The lowest BCUT2D eigenvalue weighted by atomic mass is 10.2. The Labute approximate surface area is 164 Å². The Balaban J connectivity index is 1.53. The van der Waals surface area contributed by atoms with Crippen molar-refractivity contribution in [3.63, 3.8) is 0 Å². The molecule has 0 atom stereocenters. The number of allylic oxidation sites excluding steroid dienone is 1. The Morgan fingerprint density at radius 1 is 1.19 bits per heavy atom. The molecule has 0 spiro atoms. The quantitative estimate of drug-likeness (QED) is 0.328. The van der Waals surface area contributed by atoms with Crippen LogP contribution in [0.5, 0.6) is 0 Å². The zero-order valence-corrected chi connectivity index (χ0v) is 15.7. The zero-order chi connectivity index (χ0) is 18.6. The summed E-state index contributed by atoms with van der Waals surface area (Å²) in [5, 5.41) is 13.8. The summed E-state index contributed by atoms with van der Waals surface area (Å²) in [6, 6.07) is 11.0. The molecule has 0 aliphatic rings. The third kappa shape index (κ3) is 3.67. The third-order valence-electron chi connectivity index (χ3n) is 3.67. The maximum atomic E-state index is 6.18. The highest BCUT2D eigenvalue weighted by Crippen LogP contribution is 2.29. The van der Waals surface area contributed by atoms with Gasteiger partial charge < -0.3 is 8.94 Å². The van der Waals surface area contributed by atoms with Crippen LogP contribution in [0.25, 0.3) is 23.0 Å². The van der Waals surface area contributed by atoms with Crippen LogP contribution in [0.2, 0.25) is 5.02 Å². The largest absolute Gasteiger partial charge is 0.461 e. The second-order valence-corrected chi connectivity index (χ2v) is 6.82. The van der Waals surface area contributed by atoms with Crippen molar-refractivity contribution in [2.45, 2.75) is 17.5 Å². The lowest BCUT2D eigenvalue weighted by Crippen LogP contribution is -2.00. The van der Waals surface area contributed by atoms with E-state index < -0.39 is 0 Å². The first-order chi connectivity index (χ1) is 13.3. The highest BCUT2D eigenvalue weighted by molar-refractivity contribution is 7.98. The molecular formula is C18H14ClN5O2S. The fourth-order valence-electron chi connectivity index (χ4n) is 2.46. The van der Waals surface area contributed by atoms with E-state index in [9.17, 15) is 0 Å². The number of hydrogen-bond donors (Lipinski definition) is 0. The van der Waals surface area contributed by atoms with Gasteiger partial charge in [-0.15, -0.1) is 16.8 Å². The summed E-state index contributed by atoms with van der Waals surface area (Å²) >= 11 is 7.63. The van der Waals surface area contributed by atoms with Crippen LogP contribution < -0.4 is 0 Å². The van der Waals surface area contributed by atoms with Crippen molar-refractivity contribution in [1.82, 2.24) is 24.9 Å². The predicted molar refractivity (Wildman–Crippen MR) is 102 cm³/mol. The second kappa shape index (κ2) is 7.81. The van der Waals surface area contributed by atoms with Crippen molar-refractivity contribution in [3.05, 3.63) is 66.2 Å². The summed E-state index contributed by atoms with van der Waals surface area (Å²) in [6.45, 7) is 4.35. The van der Waals surface area contributed by atoms with E-state index in [2.05, 4.69) is 26.9 Å². The van der Waals surface area contributed by atoms with E-state index in [0.717, 1.165) is 0 Å². The number of thioether (sulfide) groups is 1. The molecule has 27 heavy (non-hydrogen) atoms. The molecule has 0 bridgehead atoms. The number of benzene rings is 1. The van der Waals surface area contributed by atoms with Gasteiger partial charge in [-0.1, -0.05) is 46.7 Å². The van der Waals surface area contributed by atoms with Crippen molar-refractivity contribution in [3.8, 4) is 23.0 Å². The lowest BCUT2D eigenvalue weighted by Gasteiger charge is -2.04. The number of hydrogen-bond acceptors (Lipinski definition) is 7. The minimum Gasteiger partial charge on any atom is -0.461 e. The van der Waals surface area contributed by atoms with Gasteiger partial charge in [-0.3, -0.25) is 4.57 Å². The van der Waals surface area contributed by atoms with Gasteiger partial charge in [0, 0.05) is 6.54 Å². The number of halogens is 1. The van der Waals surface area contributed by atoms with Crippen molar-refractivity contribution in [2.75, 3.05) is 0 Å². The SMILES string of the molecule is C=CCn1c(SCc2noc(-c3ccccc3Cl)n2)nnc1-c1ccco1. The average Bonchev–Trinajstić information content (AvgIpc) is 3.42. The monoisotopic (exact) mass is 399 g/mol. The van der Waals surface area contributed by atoms with Crippen molar-refractivity contribution >= 4 is 23.4 Å². The fraction of sp³-hybridized carbons (Fsp3) is 0.111. The molecule has 4 aromatic rings. The molecule has 0 aliphatic heterocycles. The van der Waals surface area contributed by atoms with E-state index in [4.69, 9.17) is 20.5 Å². The van der Waals surface area contributed by atoms with Gasteiger partial charge in [0.15, 0.2) is 16.7 Å². The van der Waals surface area contributed by atoms with Gasteiger partial charge in [0.25, 0.3) is 5.89 Å². The van der Waals surface area contributed by atoms with Crippen LogP contribution >= 0.6 is 23.4 Å². The van der Waals surface area contributed by atoms with Crippen LogP contribution in [0.1, 0.15) is 5.82 Å². The van der Waals surface area contributed by atoms with Crippen LogP contribution in [0.3, 0.4) is 0 Å². The number of furan rings is 1. The highest BCUT2D eigenvalue weighted by atomic mass is 35.5. The zero-order valence-electron chi connectivity index (χ0n) is 14.1. The van der Waals surface area contributed by atoms with E-state index in [1.165, 1.54) is 11.8 Å². The highest BCUT2D eigenvalue weighted by Gasteiger charge is 2.17. The number of nitrogens with zero attached hydrogens (tertiary/aromatic N) is 5. The Kier molecular flexibility index (Phi) is 5.08. The molecule has 0 saturated heterocycles. The van der Waals surface area contributed by atoms with Gasteiger partial charge >= 0.3 is 0 Å². The van der Waals surface area contributed by atoms with E-state index >= 15 is 0 Å². The Hall–Kier alpha value is -2.84. The van der Waals surface area contributed by atoms with Gasteiger partial charge in [-0.25, -0.2) is 0 Å². The number of rotatable bonds is 7. The summed E-state index contributed by atoms with van der Waals surface area (Å²) in [5.41, 5.74) is 0.706. The van der Waals surface area contributed by atoms with E-state index in [-0.39, 0.29) is 0 Å². The third-order valence-corrected chi connectivity index (χ3v) is 4.97. The van der Waals surface area contributed by atoms with E-state index in [1.807, 2.05) is 34.9 Å². The van der Waals surface area contributed by atoms with Crippen LogP contribution in [-0.2, 0) is 12.3 Å². The lowest BCUT2D eigenvalue weighted by molar-refractivity contribution is 0.425. The van der Waals surface area contributed by atoms with Crippen molar-refractivity contribution < 1.29 is 8.94 Å². The first kappa shape index (κ1) is 17.6. The fourth-order valence-corrected chi connectivity index (χ4v) is 3.47. The molecule has 4 rings (SSSR count). The Morgan fingerprint density at radius 2 is 2.07 bits per heavy atom. The molecule has 0 fully saturated rings. The van der Waals surface area contributed by atoms with Crippen LogP contribution in [0.4, 0.5) is 0 Å². The van der Waals surface area contributed by atoms with Crippen molar-refractivity contribution in [2.24, 2.45) is 0 Å². The second-order valence-electron chi connectivity index (χ2n) is 5.47. The molecule has 0 saturated carbocycles. The molecule has 0 radical (unpaired) electrons. The Bertz CT molecular complexity index is 1060. The Morgan fingerprint density at radius 3 is 2.85 bits per heavy atom. The maximum Gasteiger partial charge on any atom is 0.259 e. The predicted octanol–water partition coefficient (Wildman–Crippen LogP) is 4.72. The molecule has 0 amide bonds. The first-order valence-electron chi connectivity index (χ1n) is 8.04. The standard InChI is InChI=1S/C18H14ClN5O2S/c1-2-9-24-16(14-8-5-10-25-14)21-22-18(24)27-11-15-20-17(26-23-15)12-6-3-4-7-13(12)19/h2-8,10H,1,9,11H2. The molecule has 3 heterocycles. The molecule has 136 valence electrons. The molecule has 3 aromatic heterocycles. The average molecular weight is 400 g/mol. The summed E-state index contributed by atoms with van der Waals surface area (Å²) < 4.78 is 12.7. The molecule has 1 aromatic carbocycles. The molecular weight excluding hydrogens is 386 g/mol. The smallest absolute Gasteiger partial charge is 0.259 e. The molecule has 9 heteroatoms. The normalized spacial score (nSPS) is 11.0. The van der Waals surface area contributed by atoms with Gasteiger partial charge in [0.2, 0.25) is 5.82 Å². The van der Waals surface area contributed by atoms with Gasteiger partial charge in [0.1, 0.15) is 0 Å². The summed E-state index contributed by atoms with van der Waals surface area (Å²) in [4.78, 5) is 4.41. The molecule has 0 aliphatic carbocycles. The summed E-state index contributed by atoms with van der Waals surface area (Å²) in [5.74, 6) is 2.70. The molecule has 0 unspecified atom stereocenters. The number of aromatic nitrogens is 5. The van der Waals surface area contributed by atoms with E-state index in [1.54, 1.807) is 18.4 Å². The summed E-state index contributed by atoms with van der Waals surface area (Å²) in [6.07, 6.45) is 3.38. The van der Waals surface area contributed by atoms with Gasteiger partial charge in [-0.2, -0.15) is 4.98 Å². The molecule has 0 N–H and O–H groups in total. The van der Waals surface area contributed by atoms with Crippen molar-refractivity contribution in [1.29, 1.82) is 0 Å². The van der Waals surface area contributed by atoms with Gasteiger partial charge in [-0.05, 0) is 24.3 Å². The first-order valence-corrected chi connectivity index (χ1v) is 9.41. The van der Waals surface area contributed by atoms with Gasteiger partial charge in [0.05, 0.1) is 22.6 Å². The minimum atomic E-state index is 0.389. The summed E-state index contributed by atoms with van der Waals surface area (Å²) in [7, 11) is 0. The van der Waals surface area contributed by atoms with Crippen LogP contribution in [-0.4, -0.2) is 24.9 Å².